The first kappa shape index (κ1) is 17.5. The molecular weight excluding hydrogens is 340 g/mol. The van der Waals surface area contributed by atoms with Crippen molar-refractivity contribution in [2.24, 2.45) is 7.05 Å². The molecule has 0 amide bonds. The summed E-state index contributed by atoms with van der Waals surface area (Å²) in [4.78, 5) is 3.82. The lowest BCUT2D eigenvalue weighted by Crippen LogP contribution is -2.19. The van der Waals surface area contributed by atoms with Gasteiger partial charge in [0, 0.05) is 31.0 Å². The number of alkyl halides is 4. The van der Waals surface area contributed by atoms with Crippen LogP contribution in [0.2, 0.25) is 5.15 Å². The van der Waals surface area contributed by atoms with E-state index in [4.69, 9.17) is 16.7 Å². The second-order valence-corrected chi connectivity index (χ2v) is 5.14. The Kier molecular flexibility index (Phi) is 5.10. The van der Waals surface area contributed by atoms with Crippen molar-refractivity contribution in [3.05, 3.63) is 29.2 Å². The zero-order valence-electron chi connectivity index (χ0n) is 11.9. The zero-order valence-corrected chi connectivity index (χ0v) is 12.7. The summed E-state index contributed by atoms with van der Waals surface area (Å²) in [6, 6.07) is 2.22. The maximum atomic E-state index is 13.1. The van der Waals surface area contributed by atoms with Crippen LogP contribution < -0.4 is 5.32 Å². The van der Waals surface area contributed by atoms with E-state index in [1.807, 2.05) is 0 Å². The number of nitrogens with zero attached hydrogens (tertiary/aromatic N) is 3. The van der Waals surface area contributed by atoms with E-state index in [0.29, 0.717) is 4.68 Å². The molecule has 0 bridgehead atoms. The van der Waals surface area contributed by atoms with Crippen LogP contribution >= 0.6 is 11.6 Å². The van der Waals surface area contributed by atoms with Crippen molar-refractivity contribution < 1.29 is 22.7 Å². The quantitative estimate of drug-likeness (QED) is 0.641. The number of rotatable bonds is 5. The van der Waals surface area contributed by atoms with Crippen molar-refractivity contribution in [2.75, 3.05) is 18.5 Å². The molecular formula is C13H13ClF4N4O. The third-order valence-electron chi connectivity index (χ3n) is 3.03. The molecule has 0 aliphatic carbocycles. The SMILES string of the molecule is Cn1nc(-c2cnc(Cl)cc2NC[C@H](F)CO)cc1C(F)(F)F. The van der Waals surface area contributed by atoms with Crippen LogP contribution in [-0.4, -0.2) is 39.2 Å². The molecule has 2 rings (SSSR count). The summed E-state index contributed by atoms with van der Waals surface area (Å²) in [7, 11) is 1.17. The van der Waals surface area contributed by atoms with Crippen molar-refractivity contribution in [3.8, 4) is 11.3 Å². The van der Waals surface area contributed by atoms with Crippen LogP contribution in [0.5, 0.6) is 0 Å². The van der Waals surface area contributed by atoms with E-state index in [1.54, 1.807) is 0 Å². The first-order chi connectivity index (χ1) is 10.7. The van der Waals surface area contributed by atoms with Crippen LogP contribution in [-0.2, 0) is 13.2 Å². The Balaban J connectivity index is 2.39. The van der Waals surface area contributed by atoms with Crippen molar-refractivity contribution in [1.82, 2.24) is 14.8 Å². The fourth-order valence-electron chi connectivity index (χ4n) is 1.93. The van der Waals surface area contributed by atoms with Crippen molar-refractivity contribution in [2.45, 2.75) is 12.3 Å². The summed E-state index contributed by atoms with van der Waals surface area (Å²) in [5, 5.41) is 15.3. The molecule has 0 saturated carbocycles. The molecule has 0 radical (unpaired) electrons. The number of aliphatic hydroxyl groups excluding tert-OH is 1. The number of hydrogen-bond donors (Lipinski definition) is 2. The van der Waals surface area contributed by atoms with Gasteiger partial charge >= 0.3 is 6.18 Å². The van der Waals surface area contributed by atoms with Gasteiger partial charge in [0.2, 0.25) is 0 Å². The molecule has 0 aromatic carbocycles. The van der Waals surface area contributed by atoms with Crippen molar-refractivity contribution in [3.63, 3.8) is 0 Å². The van der Waals surface area contributed by atoms with Gasteiger partial charge in [0.05, 0.1) is 12.3 Å². The fraction of sp³-hybridized carbons (Fsp3) is 0.385. The molecule has 0 fully saturated rings. The topological polar surface area (TPSA) is 63.0 Å². The average molecular weight is 353 g/mol. The van der Waals surface area contributed by atoms with Gasteiger partial charge in [0.25, 0.3) is 0 Å². The number of nitrogens with one attached hydrogen (secondary N) is 1. The fourth-order valence-corrected chi connectivity index (χ4v) is 2.09. The second kappa shape index (κ2) is 6.71. The Labute approximate surface area is 133 Å². The van der Waals surface area contributed by atoms with Crippen LogP contribution in [0.1, 0.15) is 5.69 Å². The highest BCUT2D eigenvalue weighted by Gasteiger charge is 2.35. The summed E-state index contributed by atoms with van der Waals surface area (Å²) < 4.78 is 52.4. The summed E-state index contributed by atoms with van der Waals surface area (Å²) in [5.41, 5.74) is -0.392. The average Bonchev–Trinajstić information content (AvgIpc) is 2.86. The number of anilines is 1. The highest BCUT2D eigenvalue weighted by Crippen LogP contribution is 2.34. The van der Waals surface area contributed by atoms with E-state index >= 15 is 0 Å². The molecule has 0 unspecified atom stereocenters. The molecule has 10 heteroatoms. The van der Waals surface area contributed by atoms with E-state index in [2.05, 4.69) is 15.4 Å². The number of halogens is 5. The third-order valence-corrected chi connectivity index (χ3v) is 3.24. The Hall–Kier alpha value is -1.87. The minimum Gasteiger partial charge on any atom is -0.393 e. The highest BCUT2D eigenvalue weighted by atomic mass is 35.5. The summed E-state index contributed by atoms with van der Waals surface area (Å²) in [5.74, 6) is 0. The van der Waals surface area contributed by atoms with Crippen LogP contribution in [0.4, 0.5) is 23.2 Å². The number of aryl methyl sites for hydroxylation is 1. The molecule has 2 aromatic heterocycles. The molecule has 126 valence electrons. The smallest absolute Gasteiger partial charge is 0.393 e. The number of pyridine rings is 1. The molecule has 0 aliphatic heterocycles. The van der Waals surface area contributed by atoms with Gasteiger partial charge in [-0.15, -0.1) is 0 Å². The minimum absolute atomic E-state index is 0.0194. The molecule has 0 spiro atoms. The van der Waals surface area contributed by atoms with Crippen LogP contribution in [0.3, 0.4) is 0 Å². The van der Waals surface area contributed by atoms with Gasteiger partial charge in [0.15, 0.2) is 0 Å². The first-order valence-corrected chi connectivity index (χ1v) is 6.86. The Morgan fingerprint density at radius 2 is 2.09 bits per heavy atom. The first-order valence-electron chi connectivity index (χ1n) is 6.48. The minimum atomic E-state index is -4.55. The molecule has 2 heterocycles. The highest BCUT2D eigenvalue weighted by molar-refractivity contribution is 6.29. The van der Waals surface area contributed by atoms with E-state index in [9.17, 15) is 17.6 Å². The van der Waals surface area contributed by atoms with Gasteiger partial charge in [0.1, 0.15) is 17.0 Å². The molecule has 1 atom stereocenters. The summed E-state index contributed by atoms with van der Waals surface area (Å²) in [6.07, 6.45) is -4.82. The molecule has 2 N–H and O–H groups in total. The van der Waals surface area contributed by atoms with Gasteiger partial charge in [-0.25, -0.2) is 9.37 Å². The summed E-state index contributed by atoms with van der Waals surface area (Å²) in [6.45, 7) is -0.911. The zero-order chi connectivity index (χ0) is 17.2. The third kappa shape index (κ3) is 4.11. The van der Waals surface area contributed by atoms with Gasteiger partial charge < -0.3 is 10.4 Å². The van der Waals surface area contributed by atoms with Gasteiger partial charge in [-0.1, -0.05) is 11.6 Å². The predicted molar refractivity (Wildman–Crippen MR) is 76.9 cm³/mol. The van der Waals surface area contributed by atoms with E-state index in [1.165, 1.54) is 19.3 Å². The predicted octanol–water partition coefficient (Wildman–Crippen LogP) is 2.90. The maximum Gasteiger partial charge on any atom is 0.433 e. The van der Waals surface area contributed by atoms with E-state index in [0.717, 1.165) is 6.07 Å². The van der Waals surface area contributed by atoms with Crippen LogP contribution in [0.15, 0.2) is 18.3 Å². The number of aliphatic hydroxyl groups is 1. The van der Waals surface area contributed by atoms with E-state index < -0.39 is 24.6 Å². The Morgan fingerprint density at radius 1 is 1.39 bits per heavy atom. The van der Waals surface area contributed by atoms with Gasteiger partial charge in [-0.3, -0.25) is 4.68 Å². The van der Waals surface area contributed by atoms with Gasteiger partial charge in [-0.2, -0.15) is 18.3 Å². The van der Waals surface area contributed by atoms with Crippen molar-refractivity contribution >= 4 is 17.3 Å². The second-order valence-electron chi connectivity index (χ2n) is 4.75. The lowest BCUT2D eigenvalue weighted by Gasteiger charge is -2.12. The largest absolute Gasteiger partial charge is 0.433 e. The van der Waals surface area contributed by atoms with Crippen LogP contribution in [0, 0.1) is 0 Å². The number of hydrogen-bond acceptors (Lipinski definition) is 4. The molecule has 0 aliphatic rings. The Morgan fingerprint density at radius 3 is 2.65 bits per heavy atom. The standard InChI is InChI=1S/C13H13ClF4N4O/c1-22-11(13(16,17)18)2-10(21-22)8-5-20-12(14)3-9(8)19-4-7(15)6-23/h2-3,5,7,23H,4,6H2,1H3,(H,19,20)/t7-/m0/s1. The molecule has 5 nitrogen and oxygen atoms in total. The lowest BCUT2D eigenvalue weighted by atomic mass is 10.1. The molecule has 23 heavy (non-hydrogen) atoms. The molecule has 2 aromatic rings. The van der Waals surface area contributed by atoms with Crippen molar-refractivity contribution in [1.29, 1.82) is 0 Å². The van der Waals surface area contributed by atoms with Crippen LogP contribution in [0.25, 0.3) is 11.3 Å². The monoisotopic (exact) mass is 352 g/mol. The normalized spacial score (nSPS) is 13.2. The molecule has 0 saturated heterocycles. The number of aromatic nitrogens is 3. The Bertz CT molecular complexity index is 689. The van der Waals surface area contributed by atoms with E-state index in [-0.39, 0.29) is 28.6 Å². The summed E-state index contributed by atoms with van der Waals surface area (Å²) >= 11 is 5.76. The van der Waals surface area contributed by atoms with Gasteiger partial charge in [-0.05, 0) is 12.1 Å². The maximum absolute atomic E-state index is 13.1. The lowest BCUT2D eigenvalue weighted by molar-refractivity contribution is -0.143.